The van der Waals surface area contributed by atoms with Gasteiger partial charge in [0.25, 0.3) is 0 Å². The molecule has 1 fully saturated rings. The van der Waals surface area contributed by atoms with Gasteiger partial charge < -0.3 is 19.5 Å². The molecule has 140 valence electrons. The van der Waals surface area contributed by atoms with Gasteiger partial charge in [0.15, 0.2) is 0 Å². The second-order valence-corrected chi connectivity index (χ2v) is 7.14. The first-order valence-corrected chi connectivity index (χ1v) is 9.50. The van der Waals surface area contributed by atoms with Gasteiger partial charge in [-0.3, -0.25) is 0 Å². The zero-order valence-corrected chi connectivity index (χ0v) is 15.7. The maximum absolute atomic E-state index is 5.91. The Labute approximate surface area is 156 Å². The Bertz CT molecular complexity index is 663. The van der Waals surface area contributed by atoms with Gasteiger partial charge in [-0.25, -0.2) is 0 Å². The molecule has 0 saturated carbocycles. The number of benzene rings is 2. The van der Waals surface area contributed by atoms with E-state index in [1.807, 2.05) is 42.5 Å². The van der Waals surface area contributed by atoms with Crippen LogP contribution in [-0.4, -0.2) is 25.9 Å². The Morgan fingerprint density at radius 1 is 1.08 bits per heavy atom. The fraction of sp³-hybridized carbons (Fsp3) is 0.455. The van der Waals surface area contributed by atoms with E-state index < -0.39 is 0 Å². The molecule has 0 aliphatic carbocycles. The highest BCUT2D eigenvalue weighted by atomic mass is 16.5. The summed E-state index contributed by atoms with van der Waals surface area (Å²) in [6.07, 6.45) is 2.48. The summed E-state index contributed by atoms with van der Waals surface area (Å²) in [4.78, 5) is 0. The molecule has 2 aromatic carbocycles. The van der Waals surface area contributed by atoms with Crippen molar-refractivity contribution in [2.75, 3.05) is 25.1 Å². The number of hydrogen-bond acceptors (Lipinski definition) is 4. The van der Waals surface area contributed by atoms with Gasteiger partial charge in [0.2, 0.25) is 0 Å². The number of anilines is 1. The van der Waals surface area contributed by atoms with Crippen LogP contribution in [0.3, 0.4) is 0 Å². The summed E-state index contributed by atoms with van der Waals surface area (Å²) in [7, 11) is 0. The summed E-state index contributed by atoms with van der Waals surface area (Å²) in [5.41, 5.74) is 2.22. The SMILES string of the molecule is CC(C)COc1ccccc1CNc1ccc(OCC2CCCO2)cc1. The molecule has 0 bridgehead atoms. The Morgan fingerprint density at radius 3 is 2.62 bits per heavy atom. The molecule has 1 unspecified atom stereocenters. The average Bonchev–Trinajstić information content (AvgIpc) is 3.18. The van der Waals surface area contributed by atoms with Crippen LogP contribution in [0.1, 0.15) is 32.3 Å². The molecule has 1 saturated heterocycles. The minimum absolute atomic E-state index is 0.246. The maximum atomic E-state index is 5.91. The van der Waals surface area contributed by atoms with E-state index in [1.165, 1.54) is 0 Å². The molecule has 1 atom stereocenters. The lowest BCUT2D eigenvalue weighted by molar-refractivity contribution is 0.0679. The van der Waals surface area contributed by atoms with E-state index in [1.54, 1.807) is 0 Å². The van der Waals surface area contributed by atoms with Gasteiger partial charge in [-0.2, -0.15) is 0 Å². The molecule has 4 heteroatoms. The van der Waals surface area contributed by atoms with E-state index in [4.69, 9.17) is 14.2 Å². The Hall–Kier alpha value is -2.20. The van der Waals surface area contributed by atoms with Crippen LogP contribution in [0.25, 0.3) is 0 Å². The predicted molar refractivity (Wildman–Crippen MR) is 105 cm³/mol. The van der Waals surface area contributed by atoms with Gasteiger partial charge in [-0.15, -0.1) is 0 Å². The normalized spacial score (nSPS) is 16.7. The molecule has 0 radical (unpaired) electrons. The van der Waals surface area contributed by atoms with Crippen molar-refractivity contribution in [2.24, 2.45) is 5.92 Å². The van der Waals surface area contributed by atoms with Gasteiger partial charge in [0.05, 0.1) is 12.7 Å². The highest BCUT2D eigenvalue weighted by Gasteiger charge is 2.15. The monoisotopic (exact) mass is 355 g/mol. The first kappa shape index (κ1) is 18.6. The fourth-order valence-corrected chi connectivity index (χ4v) is 2.88. The largest absolute Gasteiger partial charge is 0.493 e. The van der Waals surface area contributed by atoms with Crippen LogP contribution in [-0.2, 0) is 11.3 Å². The molecule has 0 amide bonds. The molecule has 0 spiro atoms. The van der Waals surface area contributed by atoms with Crippen molar-refractivity contribution in [1.82, 2.24) is 0 Å². The molecule has 2 aromatic rings. The van der Waals surface area contributed by atoms with E-state index in [2.05, 4.69) is 25.2 Å². The van der Waals surface area contributed by atoms with Gasteiger partial charge >= 0.3 is 0 Å². The first-order valence-electron chi connectivity index (χ1n) is 9.50. The van der Waals surface area contributed by atoms with E-state index in [9.17, 15) is 0 Å². The number of para-hydroxylation sites is 1. The molecule has 1 heterocycles. The summed E-state index contributed by atoms with van der Waals surface area (Å²) in [5.74, 6) is 2.34. The van der Waals surface area contributed by atoms with Gasteiger partial charge in [0, 0.05) is 24.4 Å². The zero-order chi connectivity index (χ0) is 18.2. The molecule has 0 aromatic heterocycles. The number of nitrogens with one attached hydrogen (secondary N) is 1. The summed E-state index contributed by atoms with van der Waals surface area (Å²) in [6, 6.07) is 16.3. The van der Waals surface area contributed by atoms with Crippen LogP contribution >= 0.6 is 0 Å². The highest BCUT2D eigenvalue weighted by Crippen LogP contribution is 2.22. The second kappa shape index (κ2) is 9.48. The van der Waals surface area contributed by atoms with Crippen molar-refractivity contribution < 1.29 is 14.2 Å². The Balaban J connectivity index is 1.50. The predicted octanol–water partition coefficient (Wildman–Crippen LogP) is 4.89. The topological polar surface area (TPSA) is 39.7 Å². The highest BCUT2D eigenvalue weighted by molar-refractivity contribution is 5.48. The third-order valence-corrected chi connectivity index (χ3v) is 4.34. The molecule has 1 N–H and O–H groups in total. The van der Waals surface area contributed by atoms with Gasteiger partial charge in [-0.05, 0) is 49.1 Å². The first-order chi connectivity index (χ1) is 12.7. The zero-order valence-electron chi connectivity index (χ0n) is 15.7. The van der Waals surface area contributed by atoms with E-state index >= 15 is 0 Å². The fourth-order valence-electron chi connectivity index (χ4n) is 2.88. The molecular formula is C22H29NO3. The van der Waals surface area contributed by atoms with Crippen LogP contribution in [0.4, 0.5) is 5.69 Å². The van der Waals surface area contributed by atoms with Crippen molar-refractivity contribution in [2.45, 2.75) is 39.3 Å². The van der Waals surface area contributed by atoms with Crippen LogP contribution in [0.15, 0.2) is 48.5 Å². The van der Waals surface area contributed by atoms with E-state index in [-0.39, 0.29) is 6.10 Å². The smallest absolute Gasteiger partial charge is 0.124 e. The quantitative estimate of drug-likeness (QED) is 0.695. The van der Waals surface area contributed by atoms with Gasteiger partial charge in [-0.1, -0.05) is 32.0 Å². The Kier molecular flexibility index (Phi) is 6.78. The van der Waals surface area contributed by atoms with Crippen molar-refractivity contribution in [3.05, 3.63) is 54.1 Å². The molecule has 4 nitrogen and oxygen atoms in total. The van der Waals surface area contributed by atoms with E-state index in [0.717, 1.165) is 55.4 Å². The molecular weight excluding hydrogens is 326 g/mol. The van der Waals surface area contributed by atoms with Crippen molar-refractivity contribution in [1.29, 1.82) is 0 Å². The third-order valence-electron chi connectivity index (χ3n) is 4.34. The average molecular weight is 355 g/mol. The summed E-state index contributed by atoms with van der Waals surface area (Å²) in [5, 5.41) is 3.45. The Morgan fingerprint density at radius 2 is 1.88 bits per heavy atom. The lowest BCUT2D eigenvalue weighted by atomic mass is 10.2. The van der Waals surface area contributed by atoms with Crippen LogP contribution in [0.2, 0.25) is 0 Å². The molecule has 26 heavy (non-hydrogen) atoms. The lowest BCUT2D eigenvalue weighted by Gasteiger charge is -2.15. The molecule has 1 aliphatic rings. The second-order valence-electron chi connectivity index (χ2n) is 7.14. The minimum Gasteiger partial charge on any atom is -0.493 e. The third kappa shape index (κ3) is 5.67. The minimum atomic E-state index is 0.246. The van der Waals surface area contributed by atoms with Crippen molar-refractivity contribution in [3.63, 3.8) is 0 Å². The number of rotatable bonds is 9. The molecule has 3 rings (SSSR count). The standard InChI is InChI=1S/C22H29NO3/c1-17(2)15-26-22-8-4-3-6-18(22)14-23-19-9-11-20(12-10-19)25-16-21-7-5-13-24-21/h3-4,6,8-12,17,21,23H,5,7,13-16H2,1-2H3. The number of hydrogen-bond donors (Lipinski definition) is 1. The summed E-state index contributed by atoms with van der Waals surface area (Å²) in [6.45, 7) is 7.26. The lowest BCUT2D eigenvalue weighted by Crippen LogP contribution is -2.16. The van der Waals surface area contributed by atoms with E-state index in [0.29, 0.717) is 12.5 Å². The van der Waals surface area contributed by atoms with Gasteiger partial charge in [0.1, 0.15) is 18.1 Å². The number of ether oxygens (including phenoxy) is 3. The van der Waals surface area contributed by atoms with Crippen LogP contribution in [0, 0.1) is 5.92 Å². The van der Waals surface area contributed by atoms with Crippen molar-refractivity contribution in [3.8, 4) is 11.5 Å². The van der Waals surface area contributed by atoms with Crippen molar-refractivity contribution >= 4 is 5.69 Å². The van der Waals surface area contributed by atoms with Crippen LogP contribution in [0.5, 0.6) is 11.5 Å². The van der Waals surface area contributed by atoms with Crippen LogP contribution < -0.4 is 14.8 Å². The maximum Gasteiger partial charge on any atom is 0.124 e. The molecule has 1 aliphatic heterocycles. The summed E-state index contributed by atoms with van der Waals surface area (Å²) < 4.78 is 17.3. The summed E-state index contributed by atoms with van der Waals surface area (Å²) >= 11 is 0.